The highest BCUT2D eigenvalue weighted by molar-refractivity contribution is 6.14. The number of likely N-dealkylation sites (N-methyl/N-ethyl adjacent to an activating group) is 1. The van der Waals surface area contributed by atoms with Gasteiger partial charge in [-0.1, -0.05) is 31.2 Å². The summed E-state index contributed by atoms with van der Waals surface area (Å²) in [6.45, 7) is 4.49. The van der Waals surface area contributed by atoms with E-state index in [0.29, 0.717) is 22.3 Å². The number of nitrogens with one attached hydrogen (secondary N) is 2. The first-order chi connectivity index (χ1) is 14.7. The van der Waals surface area contributed by atoms with Crippen molar-refractivity contribution < 1.29 is 9.50 Å². The van der Waals surface area contributed by atoms with Crippen molar-refractivity contribution in [1.29, 1.82) is 0 Å². The van der Waals surface area contributed by atoms with Gasteiger partial charge in [-0.15, -0.1) is 0 Å². The van der Waals surface area contributed by atoms with Gasteiger partial charge >= 0.3 is 0 Å². The first-order valence-corrected chi connectivity index (χ1v) is 10.0. The van der Waals surface area contributed by atoms with Gasteiger partial charge in [-0.05, 0) is 44.1 Å². The quantitative estimate of drug-likeness (QED) is 0.437. The number of phenols is 1. The van der Waals surface area contributed by atoms with Crippen molar-refractivity contribution in [3.8, 4) is 16.9 Å². The van der Waals surface area contributed by atoms with Crippen molar-refractivity contribution in [3.63, 3.8) is 0 Å². The number of phenolic OH excluding ortho intramolecular Hbond substituents is 1. The van der Waals surface area contributed by atoms with Crippen LogP contribution >= 0.6 is 0 Å². The second-order valence-corrected chi connectivity index (χ2v) is 8.25. The van der Waals surface area contributed by atoms with Crippen molar-refractivity contribution in [1.82, 2.24) is 14.9 Å². The number of aromatic amines is 2. The second-order valence-electron chi connectivity index (χ2n) is 8.25. The number of hydrogen-bond donors (Lipinski definition) is 3. The van der Waals surface area contributed by atoms with Crippen LogP contribution in [0, 0.1) is 12.7 Å². The molecule has 4 rings (SSSR count). The number of fused-ring (bicyclic) bond motifs is 3. The molecule has 2 aromatic heterocycles. The third-order valence-corrected chi connectivity index (χ3v) is 5.75. The van der Waals surface area contributed by atoms with Crippen LogP contribution in [0.4, 0.5) is 4.39 Å². The summed E-state index contributed by atoms with van der Waals surface area (Å²) >= 11 is 0. The molecule has 2 aromatic carbocycles. The van der Waals surface area contributed by atoms with E-state index in [0.717, 1.165) is 12.1 Å². The zero-order chi connectivity index (χ0) is 22.4. The Balaban J connectivity index is 2.06. The van der Waals surface area contributed by atoms with Crippen LogP contribution in [0.25, 0.3) is 32.8 Å². The molecule has 3 N–H and O–H groups in total. The van der Waals surface area contributed by atoms with Crippen LogP contribution in [0.3, 0.4) is 0 Å². The monoisotopic (exact) mass is 421 g/mol. The average Bonchev–Trinajstić information content (AvgIpc) is 2.73. The lowest BCUT2D eigenvalue weighted by atomic mass is 9.91. The van der Waals surface area contributed by atoms with Crippen LogP contribution in [0.15, 0.2) is 46.1 Å². The predicted molar refractivity (Wildman–Crippen MR) is 121 cm³/mol. The standard InChI is InChI=1S/C24H24FN3O3/c1-12(11-28(3)4)14-5-7-15(8-6-14)17-18-16-9-10-26-23(30)19(16)24(31)27-21(18)13(2)20(25)22(17)29/h5-10,12,29H,11H2,1-4H3,(H,26,30)(H,27,31). The van der Waals surface area contributed by atoms with E-state index in [1.807, 2.05) is 38.4 Å². The lowest BCUT2D eigenvalue weighted by molar-refractivity contribution is 0.383. The molecule has 0 amide bonds. The summed E-state index contributed by atoms with van der Waals surface area (Å²) in [5.74, 6) is -1.01. The van der Waals surface area contributed by atoms with Crippen LogP contribution in [-0.4, -0.2) is 40.6 Å². The van der Waals surface area contributed by atoms with Gasteiger partial charge < -0.3 is 20.0 Å². The number of hydrogen-bond acceptors (Lipinski definition) is 4. The molecule has 7 heteroatoms. The number of nitrogens with zero attached hydrogens (tertiary/aromatic N) is 1. The number of aryl methyl sites for hydroxylation is 1. The summed E-state index contributed by atoms with van der Waals surface area (Å²) in [6.07, 6.45) is 1.44. The first-order valence-electron chi connectivity index (χ1n) is 10.0. The van der Waals surface area contributed by atoms with E-state index < -0.39 is 22.7 Å². The molecule has 4 aromatic rings. The van der Waals surface area contributed by atoms with Crippen molar-refractivity contribution in [3.05, 3.63) is 74.2 Å². The summed E-state index contributed by atoms with van der Waals surface area (Å²) in [6, 6.07) is 9.16. The minimum absolute atomic E-state index is 0.0575. The van der Waals surface area contributed by atoms with Gasteiger partial charge in [-0.25, -0.2) is 4.39 Å². The molecule has 160 valence electrons. The minimum Gasteiger partial charge on any atom is -0.504 e. The van der Waals surface area contributed by atoms with Crippen LogP contribution in [0.2, 0.25) is 0 Å². The number of halogens is 1. The summed E-state index contributed by atoms with van der Waals surface area (Å²) in [4.78, 5) is 32.1. The van der Waals surface area contributed by atoms with Crippen molar-refractivity contribution >= 4 is 21.7 Å². The molecule has 6 nitrogen and oxygen atoms in total. The third-order valence-electron chi connectivity index (χ3n) is 5.75. The number of pyridine rings is 2. The Morgan fingerprint density at radius 3 is 2.39 bits per heavy atom. The van der Waals surface area contributed by atoms with Gasteiger partial charge in [0.15, 0.2) is 11.6 Å². The Morgan fingerprint density at radius 1 is 1.06 bits per heavy atom. The lowest BCUT2D eigenvalue weighted by Crippen LogP contribution is -2.18. The van der Waals surface area contributed by atoms with Crippen LogP contribution in [-0.2, 0) is 0 Å². The maximum absolute atomic E-state index is 14.9. The molecule has 0 aliphatic heterocycles. The Hall–Kier alpha value is -3.45. The van der Waals surface area contributed by atoms with Crippen LogP contribution in [0.1, 0.15) is 24.0 Å². The van der Waals surface area contributed by atoms with Gasteiger partial charge in [0.25, 0.3) is 11.1 Å². The van der Waals surface area contributed by atoms with Crippen LogP contribution < -0.4 is 11.1 Å². The normalized spacial score (nSPS) is 12.7. The molecular weight excluding hydrogens is 397 g/mol. The maximum atomic E-state index is 14.9. The molecule has 1 unspecified atom stereocenters. The topological polar surface area (TPSA) is 89.2 Å². The van der Waals surface area contributed by atoms with E-state index in [4.69, 9.17) is 0 Å². The highest BCUT2D eigenvalue weighted by Crippen LogP contribution is 2.42. The SMILES string of the molecule is Cc1c(F)c(O)c(-c2ccc(C(C)CN(C)C)cc2)c2c1[nH]c(=O)c1c(=O)[nH]ccc12. The van der Waals surface area contributed by atoms with E-state index in [1.165, 1.54) is 13.1 Å². The van der Waals surface area contributed by atoms with Gasteiger partial charge in [0.05, 0.1) is 5.52 Å². The van der Waals surface area contributed by atoms with Crippen molar-refractivity contribution in [2.75, 3.05) is 20.6 Å². The summed E-state index contributed by atoms with van der Waals surface area (Å²) < 4.78 is 14.9. The van der Waals surface area contributed by atoms with E-state index in [9.17, 15) is 19.1 Å². The molecule has 0 saturated carbocycles. The highest BCUT2D eigenvalue weighted by Gasteiger charge is 2.22. The van der Waals surface area contributed by atoms with Gasteiger partial charge in [-0.3, -0.25) is 9.59 Å². The Labute approximate surface area is 178 Å². The molecule has 1 atom stereocenters. The summed E-state index contributed by atoms with van der Waals surface area (Å²) in [5, 5.41) is 11.5. The number of benzene rings is 2. The fourth-order valence-electron chi connectivity index (χ4n) is 4.25. The molecule has 31 heavy (non-hydrogen) atoms. The zero-order valence-electron chi connectivity index (χ0n) is 17.8. The van der Waals surface area contributed by atoms with Gasteiger partial charge in [0.2, 0.25) is 0 Å². The van der Waals surface area contributed by atoms with Crippen molar-refractivity contribution in [2.45, 2.75) is 19.8 Å². The highest BCUT2D eigenvalue weighted by atomic mass is 19.1. The Bertz CT molecular complexity index is 1420. The molecule has 0 bridgehead atoms. The fourth-order valence-corrected chi connectivity index (χ4v) is 4.25. The van der Waals surface area contributed by atoms with Gasteiger partial charge in [0.1, 0.15) is 5.39 Å². The molecule has 0 aliphatic carbocycles. The fraction of sp³-hybridized carbons (Fsp3) is 0.250. The maximum Gasteiger partial charge on any atom is 0.261 e. The number of H-pyrrole nitrogens is 2. The van der Waals surface area contributed by atoms with Gasteiger partial charge in [0, 0.05) is 34.6 Å². The average molecular weight is 421 g/mol. The number of rotatable bonds is 4. The largest absolute Gasteiger partial charge is 0.504 e. The molecule has 0 spiro atoms. The third kappa shape index (κ3) is 3.41. The minimum atomic E-state index is -0.799. The Morgan fingerprint density at radius 2 is 1.74 bits per heavy atom. The van der Waals surface area contributed by atoms with E-state index in [1.54, 1.807) is 6.07 Å². The van der Waals surface area contributed by atoms with E-state index in [-0.39, 0.29) is 22.0 Å². The summed E-state index contributed by atoms with van der Waals surface area (Å²) in [5.41, 5.74) is 1.19. The molecule has 0 aliphatic rings. The molecule has 0 radical (unpaired) electrons. The molecule has 0 fully saturated rings. The lowest BCUT2D eigenvalue weighted by Gasteiger charge is -2.18. The predicted octanol–water partition coefficient (Wildman–Crippen LogP) is 3.85. The number of aromatic nitrogens is 2. The first kappa shape index (κ1) is 20.8. The zero-order valence-corrected chi connectivity index (χ0v) is 17.8. The van der Waals surface area contributed by atoms with E-state index >= 15 is 0 Å². The number of aromatic hydroxyl groups is 1. The smallest absolute Gasteiger partial charge is 0.261 e. The van der Waals surface area contributed by atoms with Crippen molar-refractivity contribution in [2.24, 2.45) is 0 Å². The van der Waals surface area contributed by atoms with E-state index in [2.05, 4.69) is 21.8 Å². The second kappa shape index (κ2) is 7.67. The summed E-state index contributed by atoms with van der Waals surface area (Å²) in [7, 11) is 4.02. The molecule has 2 heterocycles. The molecule has 0 saturated heterocycles. The van der Waals surface area contributed by atoms with Crippen LogP contribution in [0.5, 0.6) is 5.75 Å². The Kier molecular flexibility index (Phi) is 5.15. The molecular formula is C24H24FN3O3. The van der Waals surface area contributed by atoms with Gasteiger partial charge in [-0.2, -0.15) is 0 Å².